The first kappa shape index (κ1) is 18.2. The van der Waals surface area contributed by atoms with E-state index in [2.05, 4.69) is 20.1 Å². The lowest BCUT2D eigenvalue weighted by atomic mass is 10.1. The van der Waals surface area contributed by atoms with Gasteiger partial charge in [-0.25, -0.2) is 14.5 Å². The zero-order chi connectivity index (χ0) is 19.4. The summed E-state index contributed by atoms with van der Waals surface area (Å²) in [5.74, 6) is 0.131. The fourth-order valence-corrected chi connectivity index (χ4v) is 2.28. The van der Waals surface area contributed by atoms with Crippen LogP contribution >= 0.6 is 0 Å². The fourth-order valence-electron chi connectivity index (χ4n) is 2.28. The molecule has 0 spiro atoms. The predicted octanol–water partition coefficient (Wildman–Crippen LogP) is 3.00. The molecule has 140 valence electrons. The Labute approximate surface area is 151 Å². The summed E-state index contributed by atoms with van der Waals surface area (Å²) < 4.78 is 41.9. The second-order valence-electron chi connectivity index (χ2n) is 5.47. The molecule has 10 heteroatoms. The summed E-state index contributed by atoms with van der Waals surface area (Å²) >= 11 is 0. The summed E-state index contributed by atoms with van der Waals surface area (Å²) in [5, 5.41) is 6.80. The minimum atomic E-state index is -4.74. The average Bonchev–Trinajstić information content (AvgIpc) is 3.10. The van der Waals surface area contributed by atoms with Crippen LogP contribution in [0.5, 0.6) is 5.75 Å². The average molecular weight is 377 g/mol. The maximum absolute atomic E-state index is 12.2. The molecule has 0 aliphatic carbocycles. The van der Waals surface area contributed by atoms with E-state index in [4.69, 9.17) is 5.73 Å². The Morgan fingerprint density at radius 2 is 1.78 bits per heavy atom. The number of hydrogen-bond acceptors (Lipinski definition) is 4. The van der Waals surface area contributed by atoms with Crippen LogP contribution in [0, 0.1) is 0 Å². The molecule has 0 fully saturated rings. The third-order valence-corrected chi connectivity index (χ3v) is 3.51. The van der Waals surface area contributed by atoms with E-state index in [1.807, 2.05) is 0 Å². The maximum Gasteiger partial charge on any atom is 0.573 e. The number of carbonyl (C=O) groups is 1. The zero-order valence-corrected chi connectivity index (χ0v) is 13.8. The van der Waals surface area contributed by atoms with Crippen molar-refractivity contribution in [3.05, 3.63) is 60.4 Å². The number of nitrogens with zero attached hydrogens (tertiary/aromatic N) is 3. The first-order valence-electron chi connectivity index (χ1n) is 7.71. The number of rotatable bonds is 5. The first-order valence-corrected chi connectivity index (χ1v) is 7.71. The van der Waals surface area contributed by atoms with Gasteiger partial charge in [0.1, 0.15) is 12.1 Å². The lowest BCUT2D eigenvalue weighted by Crippen LogP contribution is -2.28. The van der Waals surface area contributed by atoms with Crippen LogP contribution in [-0.2, 0) is 6.54 Å². The molecule has 3 N–H and O–H groups in total. The van der Waals surface area contributed by atoms with Crippen LogP contribution in [0.25, 0.3) is 17.1 Å². The number of primary amides is 1. The number of ether oxygens (including phenoxy) is 1. The Kier molecular flexibility index (Phi) is 4.97. The fraction of sp³-hybridized carbons (Fsp3) is 0.118. The molecule has 3 aromatic rings. The van der Waals surface area contributed by atoms with E-state index in [1.54, 1.807) is 24.3 Å². The third-order valence-electron chi connectivity index (χ3n) is 3.51. The van der Waals surface area contributed by atoms with Crippen molar-refractivity contribution < 1.29 is 22.7 Å². The van der Waals surface area contributed by atoms with Gasteiger partial charge < -0.3 is 15.8 Å². The number of hydrogen-bond donors (Lipinski definition) is 2. The Hall–Kier alpha value is -3.56. The second-order valence-corrected chi connectivity index (χ2v) is 5.47. The minimum absolute atomic E-state index is 0.309. The number of aromatic nitrogens is 3. The number of halogens is 3. The topological polar surface area (TPSA) is 95.1 Å². The summed E-state index contributed by atoms with van der Waals surface area (Å²) in [7, 11) is 0. The molecule has 0 unspecified atom stereocenters. The summed E-state index contributed by atoms with van der Waals surface area (Å²) in [6.45, 7) is 0.309. The minimum Gasteiger partial charge on any atom is -0.406 e. The number of nitrogens with two attached hydrogens (primary N) is 1. The van der Waals surface area contributed by atoms with Crippen LogP contribution in [0.1, 0.15) is 5.56 Å². The maximum atomic E-state index is 12.2. The Bertz CT molecular complexity index is 921. The summed E-state index contributed by atoms with van der Waals surface area (Å²) in [5.41, 5.74) is 7.16. The SMILES string of the molecule is NC(=O)NCc1ccc(-c2ncn(-c3ccc(OC(F)(F)F)cc3)n2)cc1. The van der Waals surface area contributed by atoms with Gasteiger partial charge in [-0.05, 0) is 29.8 Å². The van der Waals surface area contributed by atoms with E-state index in [1.165, 1.54) is 35.3 Å². The van der Waals surface area contributed by atoms with Gasteiger partial charge in [0.15, 0.2) is 5.82 Å². The highest BCUT2D eigenvalue weighted by atomic mass is 19.4. The molecular weight excluding hydrogens is 363 g/mol. The van der Waals surface area contributed by atoms with Crippen molar-refractivity contribution in [1.82, 2.24) is 20.1 Å². The van der Waals surface area contributed by atoms with E-state index in [0.29, 0.717) is 18.1 Å². The molecule has 27 heavy (non-hydrogen) atoms. The number of amides is 2. The van der Waals surface area contributed by atoms with Gasteiger partial charge in [-0.3, -0.25) is 0 Å². The number of nitrogens with one attached hydrogen (secondary N) is 1. The van der Waals surface area contributed by atoms with Gasteiger partial charge in [0.05, 0.1) is 5.69 Å². The molecule has 3 rings (SSSR count). The van der Waals surface area contributed by atoms with Crippen LogP contribution < -0.4 is 15.8 Å². The standard InChI is InChI=1S/C17H14F3N5O2/c18-17(19,20)27-14-7-5-13(6-8-14)25-10-23-15(24-25)12-3-1-11(2-4-12)9-22-16(21)26/h1-8,10H,9H2,(H3,21,22,26). The Morgan fingerprint density at radius 3 is 2.37 bits per heavy atom. The van der Waals surface area contributed by atoms with Crippen molar-refractivity contribution >= 4 is 6.03 Å². The lowest BCUT2D eigenvalue weighted by Gasteiger charge is -2.09. The molecule has 1 aromatic heterocycles. The number of alkyl halides is 3. The van der Waals surface area contributed by atoms with Crippen LogP contribution in [0.2, 0.25) is 0 Å². The summed E-state index contributed by atoms with van der Waals surface area (Å²) in [6.07, 6.45) is -3.28. The quantitative estimate of drug-likeness (QED) is 0.715. The number of benzene rings is 2. The zero-order valence-electron chi connectivity index (χ0n) is 13.8. The van der Waals surface area contributed by atoms with E-state index >= 15 is 0 Å². The predicted molar refractivity (Wildman–Crippen MR) is 89.9 cm³/mol. The molecule has 2 amide bonds. The van der Waals surface area contributed by atoms with Crippen molar-refractivity contribution in [3.8, 4) is 22.8 Å². The Balaban J connectivity index is 1.72. The van der Waals surface area contributed by atoms with Gasteiger partial charge in [0, 0.05) is 12.1 Å². The number of carbonyl (C=O) groups excluding carboxylic acids is 1. The molecule has 0 radical (unpaired) electrons. The largest absolute Gasteiger partial charge is 0.573 e. The molecule has 7 nitrogen and oxygen atoms in total. The highest BCUT2D eigenvalue weighted by molar-refractivity contribution is 5.71. The van der Waals surface area contributed by atoms with Crippen LogP contribution in [0.3, 0.4) is 0 Å². The van der Waals surface area contributed by atoms with Crippen LogP contribution in [0.15, 0.2) is 54.9 Å². The van der Waals surface area contributed by atoms with Crippen molar-refractivity contribution in [3.63, 3.8) is 0 Å². The van der Waals surface area contributed by atoms with E-state index in [-0.39, 0.29) is 5.75 Å². The van der Waals surface area contributed by atoms with Gasteiger partial charge in [-0.1, -0.05) is 24.3 Å². The van der Waals surface area contributed by atoms with Gasteiger partial charge in [-0.2, -0.15) is 0 Å². The van der Waals surface area contributed by atoms with E-state index in [0.717, 1.165) is 11.1 Å². The smallest absolute Gasteiger partial charge is 0.406 e. The van der Waals surface area contributed by atoms with E-state index < -0.39 is 12.4 Å². The highest BCUT2D eigenvalue weighted by Gasteiger charge is 2.30. The van der Waals surface area contributed by atoms with Crippen LogP contribution in [-0.4, -0.2) is 27.2 Å². The molecule has 1 heterocycles. The molecule has 0 aliphatic heterocycles. The molecule has 2 aromatic carbocycles. The van der Waals surface area contributed by atoms with Crippen molar-refractivity contribution in [2.45, 2.75) is 12.9 Å². The van der Waals surface area contributed by atoms with Crippen molar-refractivity contribution in [2.24, 2.45) is 5.73 Å². The van der Waals surface area contributed by atoms with E-state index in [9.17, 15) is 18.0 Å². The van der Waals surface area contributed by atoms with Gasteiger partial charge in [0.25, 0.3) is 0 Å². The summed E-state index contributed by atoms with van der Waals surface area (Å²) in [6, 6.07) is 11.9. The normalized spacial score (nSPS) is 11.2. The van der Waals surface area contributed by atoms with Crippen molar-refractivity contribution in [1.29, 1.82) is 0 Å². The lowest BCUT2D eigenvalue weighted by molar-refractivity contribution is -0.274. The third kappa shape index (κ3) is 4.97. The summed E-state index contributed by atoms with van der Waals surface area (Å²) in [4.78, 5) is 14.9. The molecule has 0 aliphatic rings. The molecular formula is C17H14F3N5O2. The monoisotopic (exact) mass is 377 g/mol. The Morgan fingerprint density at radius 1 is 1.11 bits per heavy atom. The molecule has 0 saturated carbocycles. The van der Waals surface area contributed by atoms with Gasteiger partial charge in [-0.15, -0.1) is 18.3 Å². The molecule has 0 atom stereocenters. The first-order chi connectivity index (χ1) is 12.8. The van der Waals surface area contributed by atoms with Crippen LogP contribution in [0.4, 0.5) is 18.0 Å². The number of urea groups is 1. The van der Waals surface area contributed by atoms with Gasteiger partial charge in [0.2, 0.25) is 0 Å². The van der Waals surface area contributed by atoms with Crippen molar-refractivity contribution in [2.75, 3.05) is 0 Å². The molecule has 0 bridgehead atoms. The highest BCUT2D eigenvalue weighted by Crippen LogP contribution is 2.24. The van der Waals surface area contributed by atoms with Gasteiger partial charge >= 0.3 is 12.4 Å². The second kappa shape index (κ2) is 7.36. The molecule has 0 saturated heterocycles.